The minimum absolute atomic E-state index is 0.107. The molecule has 0 saturated carbocycles. The summed E-state index contributed by atoms with van der Waals surface area (Å²) in [5.41, 5.74) is 1.07. The van der Waals surface area contributed by atoms with Crippen LogP contribution in [0.1, 0.15) is 39.2 Å². The number of nitrogens with zero attached hydrogens (tertiary/aromatic N) is 1. The molecule has 0 atom stereocenters. The van der Waals surface area contributed by atoms with Gasteiger partial charge in [0, 0.05) is 19.1 Å². The number of carbonyl (C=O) groups is 1. The standard InChI is InChI=1S/C17H28N2O/c1-4-5-12-19(15(2)3)13-11-18-17(20)14-16-9-7-6-8-10-16/h6-10,15H,4-5,11-14H2,1-3H3,(H,18,20). The van der Waals surface area contributed by atoms with E-state index in [1.165, 1.54) is 12.8 Å². The van der Waals surface area contributed by atoms with Crippen molar-refractivity contribution in [3.8, 4) is 0 Å². The molecule has 0 heterocycles. The summed E-state index contributed by atoms with van der Waals surface area (Å²) in [6, 6.07) is 10.4. The molecular weight excluding hydrogens is 248 g/mol. The van der Waals surface area contributed by atoms with Gasteiger partial charge >= 0.3 is 0 Å². The van der Waals surface area contributed by atoms with Crippen molar-refractivity contribution < 1.29 is 4.79 Å². The first-order chi connectivity index (χ1) is 9.63. The van der Waals surface area contributed by atoms with Crippen molar-refractivity contribution in [1.29, 1.82) is 0 Å². The molecule has 0 unspecified atom stereocenters. The number of hydrogen-bond donors (Lipinski definition) is 1. The number of benzene rings is 1. The SMILES string of the molecule is CCCCN(CCNC(=O)Cc1ccccc1)C(C)C. The average Bonchev–Trinajstić information content (AvgIpc) is 2.43. The summed E-state index contributed by atoms with van der Waals surface area (Å²) in [5, 5.41) is 3.01. The van der Waals surface area contributed by atoms with Crippen LogP contribution in [0.2, 0.25) is 0 Å². The number of rotatable bonds is 9. The van der Waals surface area contributed by atoms with Crippen LogP contribution in [0.5, 0.6) is 0 Å². The number of carbonyl (C=O) groups excluding carboxylic acids is 1. The van der Waals surface area contributed by atoms with Gasteiger partial charge in [-0.3, -0.25) is 9.69 Å². The van der Waals surface area contributed by atoms with Gasteiger partial charge in [0.1, 0.15) is 0 Å². The molecule has 0 aliphatic rings. The van der Waals surface area contributed by atoms with E-state index < -0.39 is 0 Å². The van der Waals surface area contributed by atoms with Gasteiger partial charge in [-0.1, -0.05) is 43.7 Å². The second-order valence-electron chi connectivity index (χ2n) is 5.50. The predicted octanol–water partition coefficient (Wildman–Crippen LogP) is 2.86. The molecule has 0 bridgehead atoms. The number of hydrogen-bond acceptors (Lipinski definition) is 2. The van der Waals surface area contributed by atoms with Crippen LogP contribution in [0.4, 0.5) is 0 Å². The molecule has 1 aromatic carbocycles. The molecule has 3 heteroatoms. The molecule has 0 aliphatic heterocycles. The monoisotopic (exact) mass is 276 g/mol. The van der Waals surface area contributed by atoms with E-state index in [4.69, 9.17) is 0 Å². The van der Waals surface area contributed by atoms with E-state index in [9.17, 15) is 4.79 Å². The van der Waals surface area contributed by atoms with Gasteiger partial charge in [-0.15, -0.1) is 0 Å². The predicted molar refractivity (Wildman–Crippen MR) is 84.8 cm³/mol. The van der Waals surface area contributed by atoms with Crippen molar-refractivity contribution >= 4 is 5.91 Å². The van der Waals surface area contributed by atoms with Gasteiger partial charge in [0.25, 0.3) is 0 Å². The molecule has 0 fully saturated rings. The third-order valence-electron chi connectivity index (χ3n) is 3.46. The lowest BCUT2D eigenvalue weighted by Gasteiger charge is -2.26. The first kappa shape index (κ1) is 16.7. The molecule has 0 saturated heterocycles. The normalized spacial score (nSPS) is 11.1. The lowest BCUT2D eigenvalue weighted by molar-refractivity contribution is -0.120. The van der Waals surface area contributed by atoms with Crippen LogP contribution in [0.25, 0.3) is 0 Å². The highest BCUT2D eigenvalue weighted by Gasteiger charge is 2.09. The Morgan fingerprint density at radius 2 is 1.90 bits per heavy atom. The van der Waals surface area contributed by atoms with Gasteiger partial charge in [0.2, 0.25) is 5.91 Å². The molecular formula is C17H28N2O. The van der Waals surface area contributed by atoms with Gasteiger partial charge in [-0.05, 0) is 32.4 Å². The quantitative estimate of drug-likeness (QED) is 0.752. The first-order valence-electron chi connectivity index (χ1n) is 7.68. The molecule has 0 radical (unpaired) electrons. The minimum Gasteiger partial charge on any atom is -0.355 e. The Morgan fingerprint density at radius 3 is 2.50 bits per heavy atom. The fraction of sp³-hybridized carbons (Fsp3) is 0.588. The first-order valence-corrected chi connectivity index (χ1v) is 7.68. The highest BCUT2D eigenvalue weighted by Crippen LogP contribution is 2.01. The summed E-state index contributed by atoms with van der Waals surface area (Å²) < 4.78 is 0. The third-order valence-corrected chi connectivity index (χ3v) is 3.46. The Bertz CT molecular complexity index is 376. The molecule has 1 amide bonds. The Labute approximate surface area is 123 Å². The van der Waals surface area contributed by atoms with E-state index in [1.54, 1.807) is 0 Å². The van der Waals surface area contributed by atoms with Gasteiger partial charge in [0.15, 0.2) is 0 Å². The molecule has 0 spiro atoms. The zero-order valence-electron chi connectivity index (χ0n) is 13.1. The van der Waals surface area contributed by atoms with Crippen LogP contribution in [0.3, 0.4) is 0 Å². The molecule has 112 valence electrons. The number of amides is 1. The van der Waals surface area contributed by atoms with E-state index in [0.717, 1.165) is 25.2 Å². The van der Waals surface area contributed by atoms with Crippen LogP contribution in [0.15, 0.2) is 30.3 Å². The summed E-state index contributed by atoms with van der Waals surface area (Å²) in [6.45, 7) is 9.40. The molecule has 1 rings (SSSR count). The van der Waals surface area contributed by atoms with E-state index in [2.05, 4.69) is 31.0 Å². The second-order valence-corrected chi connectivity index (χ2v) is 5.50. The van der Waals surface area contributed by atoms with E-state index in [0.29, 0.717) is 12.5 Å². The smallest absolute Gasteiger partial charge is 0.224 e. The molecule has 1 N–H and O–H groups in total. The Hall–Kier alpha value is -1.35. The lowest BCUT2D eigenvalue weighted by Crippen LogP contribution is -2.39. The van der Waals surface area contributed by atoms with Crippen molar-refractivity contribution in [2.45, 2.75) is 46.1 Å². The maximum absolute atomic E-state index is 11.8. The lowest BCUT2D eigenvalue weighted by atomic mass is 10.1. The zero-order chi connectivity index (χ0) is 14.8. The molecule has 0 aromatic heterocycles. The van der Waals surface area contributed by atoms with Crippen molar-refractivity contribution in [2.24, 2.45) is 0 Å². The van der Waals surface area contributed by atoms with E-state index >= 15 is 0 Å². The Morgan fingerprint density at radius 1 is 1.20 bits per heavy atom. The summed E-state index contributed by atoms with van der Waals surface area (Å²) in [6.07, 6.45) is 2.90. The van der Waals surface area contributed by atoms with Crippen molar-refractivity contribution in [2.75, 3.05) is 19.6 Å². The average molecular weight is 276 g/mol. The van der Waals surface area contributed by atoms with Crippen LogP contribution in [-0.4, -0.2) is 36.5 Å². The van der Waals surface area contributed by atoms with Crippen molar-refractivity contribution in [1.82, 2.24) is 10.2 Å². The zero-order valence-corrected chi connectivity index (χ0v) is 13.1. The van der Waals surface area contributed by atoms with E-state index in [1.807, 2.05) is 30.3 Å². The van der Waals surface area contributed by atoms with Crippen LogP contribution >= 0.6 is 0 Å². The van der Waals surface area contributed by atoms with Gasteiger partial charge < -0.3 is 5.32 Å². The van der Waals surface area contributed by atoms with Gasteiger partial charge in [-0.2, -0.15) is 0 Å². The highest BCUT2D eigenvalue weighted by atomic mass is 16.1. The molecule has 1 aromatic rings. The number of nitrogens with one attached hydrogen (secondary N) is 1. The summed E-state index contributed by atoms with van der Waals surface area (Å²) >= 11 is 0. The molecule has 0 aliphatic carbocycles. The van der Waals surface area contributed by atoms with Gasteiger partial charge in [-0.25, -0.2) is 0 Å². The third kappa shape index (κ3) is 6.71. The summed E-state index contributed by atoms with van der Waals surface area (Å²) in [4.78, 5) is 14.3. The maximum Gasteiger partial charge on any atom is 0.224 e. The highest BCUT2D eigenvalue weighted by molar-refractivity contribution is 5.78. The minimum atomic E-state index is 0.107. The van der Waals surface area contributed by atoms with E-state index in [-0.39, 0.29) is 5.91 Å². The molecule has 20 heavy (non-hydrogen) atoms. The van der Waals surface area contributed by atoms with Gasteiger partial charge in [0.05, 0.1) is 6.42 Å². The second kappa shape index (κ2) is 9.54. The van der Waals surface area contributed by atoms with Crippen LogP contribution < -0.4 is 5.32 Å². The maximum atomic E-state index is 11.8. The Balaban J connectivity index is 2.26. The van der Waals surface area contributed by atoms with Crippen LogP contribution in [-0.2, 0) is 11.2 Å². The summed E-state index contributed by atoms with van der Waals surface area (Å²) in [5.74, 6) is 0.107. The summed E-state index contributed by atoms with van der Waals surface area (Å²) in [7, 11) is 0. The molecule has 3 nitrogen and oxygen atoms in total. The van der Waals surface area contributed by atoms with Crippen molar-refractivity contribution in [3.63, 3.8) is 0 Å². The van der Waals surface area contributed by atoms with Crippen molar-refractivity contribution in [3.05, 3.63) is 35.9 Å². The fourth-order valence-corrected chi connectivity index (χ4v) is 2.17. The Kier molecular flexibility index (Phi) is 7.97. The largest absolute Gasteiger partial charge is 0.355 e. The van der Waals surface area contributed by atoms with Crippen LogP contribution in [0, 0.1) is 0 Å². The fourth-order valence-electron chi connectivity index (χ4n) is 2.17. The topological polar surface area (TPSA) is 32.3 Å². The number of unbranched alkanes of at least 4 members (excludes halogenated alkanes) is 1.